The smallest absolute Gasteiger partial charge is 0.289 e. The van der Waals surface area contributed by atoms with Crippen LogP contribution in [0.2, 0.25) is 0 Å². The fourth-order valence-electron chi connectivity index (χ4n) is 3.31. The largest absolute Gasteiger partial charge is 0.451 e. The van der Waals surface area contributed by atoms with Crippen LogP contribution in [0.25, 0.3) is 11.0 Å². The maximum absolute atomic E-state index is 12.8. The molecule has 0 radical (unpaired) electrons. The SMILES string of the molecule is CCN(C(=O)c1cc(=O)c2ccccc2o1)C1CCCCC1. The number of fused-ring (bicyclic) bond motifs is 1. The average molecular weight is 299 g/mol. The predicted octanol–water partition coefficient (Wildman–Crippen LogP) is 3.59. The highest BCUT2D eigenvalue weighted by atomic mass is 16.3. The summed E-state index contributed by atoms with van der Waals surface area (Å²) in [6.07, 6.45) is 5.65. The van der Waals surface area contributed by atoms with Crippen LogP contribution in [-0.4, -0.2) is 23.4 Å². The van der Waals surface area contributed by atoms with Gasteiger partial charge in [0.2, 0.25) is 0 Å². The van der Waals surface area contributed by atoms with Crippen LogP contribution in [0.15, 0.2) is 39.5 Å². The van der Waals surface area contributed by atoms with E-state index in [0.29, 0.717) is 17.5 Å². The Balaban J connectivity index is 1.94. The van der Waals surface area contributed by atoms with Crippen molar-refractivity contribution in [2.75, 3.05) is 6.54 Å². The molecule has 1 aliphatic rings. The minimum atomic E-state index is -0.169. The van der Waals surface area contributed by atoms with E-state index in [1.165, 1.54) is 12.5 Å². The molecule has 0 N–H and O–H groups in total. The van der Waals surface area contributed by atoms with Gasteiger partial charge in [-0.2, -0.15) is 0 Å². The molecule has 3 rings (SSSR count). The Bertz CT molecular complexity index is 728. The number of para-hydroxylation sites is 1. The third-order valence-electron chi connectivity index (χ3n) is 4.46. The molecule has 0 spiro atoms. The first kappa shape index (κ1) is 14.8. The van der Waals surface area contributed by atoms with E-state index in [2.05, 4.69) is 0 Å². The number of carbonyl (C=O) groups is 1. The molecule has 22 heavy (non-hydrogen) atoms. The molecule has 0 unspecified atom stereocenters. The van der Waals surface area contributed by atoms with E-state index in [1.54, 1.807) is 24.3 Å². The van der Waals surface area contributed by atoms with Gasteiger partial charge < -0.3 is 9.32 Å². The van der Waals surface area contributed by atoms with E-state index >= 15 is 0 Å². The lowest BCUT2D eigenvalue weighted by Crippen LogP contribution is -2.41. The molecule has 4 heteroatoms. The third kappa shape index (κ3) is 2.78. The standard InChI is InChI=1S/C18H21NO3/c1-2-19(13-8-4-3-5-9-13)18(21)17-12-15(20)14-10-6-7-11-16(14)22-17/h6-7,10-13H,2-5,8-9H2,1H3. The summed E-state index contributed by atoms with van der Waals surface area (Å²) in [7, 11) is 0. The molecule has 1 amide bonds. The maximum Gasteiger partial charge on any atom is 0.289 e. The van der Waals surface area contributed by atoms with Crippen molar-refractivity contribution >= 4 is 16.9 Å². The van der Waals surface area contributed by atoms with Gasteiger partial charge in [-0.3, -0.25) is 9.59 Å². The fourth-order valence-corrected chi connectivity index (χ4v) is 3.31. The van der Waals surface area contributed by atoms with Crippen molar-refractivity contribution in [3.05, 3.63) is 46.3 Å². The molecule has 1 aromatic heterocycles. The predicted molar refractivity (Wildman–Crippen MR) is 86.1 cm³/mol. The second-order valence-electron chi connectivity index (χ2n) is 5.85. The van der Waals surface area contributed by atoms with Crippen molar-refractivity contribution in [3.63, 3.8) is 0 Å². The highest BCUT2D eigenvalue weighted by Crippen LogP contribution is 2.24. The highest BCUT2D eigenvalue weighted by molar-refractivity contribution is 5.93. The molecule has 1 aromatic carbocycles. The Kier molecular flexibility index (Phi) is 4.27. The summed E-state index contributed by atoms with van der Waals surface area (Å²) < 4.78 is 5.69. The molecule has 0 atom stereocenters. The number of carbonyl (C=O) groups excluding carboxylic acids is 1. The van der Waals surface area contributed by atoms with Gasteiger partial charge in [0.05, 0.1) is 5.39 Å². The van der Waals surface area contributed by atoms with E-state index in [4.69, 9.17) is 4.42 Å². The Morgan fingerprint density at radius 3 is 2.68 bits per heavy atom. The summed E-state index contributed by atoms with van der Waals surface area (Å²) in [5.41, 5.74) is 0.308. The van der Waals surface area contributed by atoms with Gasteiger partial charge >= 0.3 is 0 Å². The number of hydrogen-bond donors (Lipinski definition) is 0. The molecule has 1 saturated carbocycles. The maximum atomic E-state index is 12.8. The Morgan fingerprint density at radius 2 is 1.95 bits per heavy atom. The summed E-state index contributed by atoms with van der Waals surface area (Å²) in [5.74, 6) is -0.0200. The fraction of sp³-hybridized carbons (Fsp3) is 0.444. The topological polar surface area (TPSA) is 50.5 Å². The van der Waals surface area contributed by atoms with Gasteiger partial charge in [0.25, 0.3) is 5.91 Å². The third-order valence-corrected chi connectivity index (χ3v) is 4.46. The molecule has 116 valence electrons. The zero-order valence-corrected chi connectivity index (χ0v) is 12.9. The minimum absolute atomic E-state index is 0.149. The quantitative estimate of drug-likeness (QED) is 0.870. The van der Waals surface area contributed by atoms with Crippen LogP contribution in [0, 0.1) is 0 Å². The number of nitrogens with zero attached hydrogens (tertiary/aromatic N) is 1. The van der Waals surface area contributed by atoms with Gasteiger partial charge in [-0.15, -0.1) is 0 Å². The molecular weight excluding hydrogens is 278 g/mol. The lowest BCUT2D eigenvalue weighted by Gasteiger charge is -2.33. The summed E-state index contributed by atoms with van der Waals surface area (Å²) in [4.78, 5) is 26.8. The number of amides is 1. The first-order valence-corrected chi connectivity index (χ1v) is 8.04. The van der Waals surface area contributed by atoms with Crippen molar-refractivity contribution in [2.45, 2.75) is 45.1 Å². The number of hydrogen-bond acceptors (Lipinski definition) is 3. The molecule has 1 heterocycles. The van der Waals surface area contributed by atoms with E-state index in [9.17, 15) is 9.59 Å². The van der Waals surface area contributed by atoms with Crippen LogP contribution in [0.5, 0.6) is 0 Å². The van der Waals surface area contributed by atoms with Gasteiger partial charge in [-0.05, 0) is 31.9 Å². The highest BCUT2D eigenvalue weighted by Gasteiger charge is 2.26. The van der Waals surface area contributed by atoms with Gasteiger partial charge in [-0.25, -0.2) is 0 Å². The Labute approximate surface area is 129 Å². The van der Waals surface area contributed by atoms with E-state index in [0.717, 1.165) is 25.7 Å². The molecule has 0 saturated heterocycles. The Hall–Kier alpha value is -2.10. The van der Waals surface area contributed by atoms with Crippen molar-refractivity contribution < 1.29 is 9.21 Å². The minimum Gasteiger partial charge on any atom is -0.451 e. The molecule has 2 aromatic rings. The van der Waals surface area contributed by atoms with Crippen LogP contribution in [0.4, 0.5) is 0 Å². The van der Waals surface area contributed by atoms with Crippen LogP contribution < -0.4 is 5.43 Å². The lowest BCUT2D eigenvalue weighted by atomic mass is 9.94. The number of benzene rings is 1. The van der Waals surface area contributed by atoms with Crippen LogP contribution in [0.3, 0.4) is 0 Å². The zero-order valence-electron chi connectivity index (χ0n) is 12.9. The summed E-state index contributed by atoms with van der Waals surface area (Å²) >= 11 is 0. The normalized spacial score (nSPS) is 15.9. The summed E-state index contributed by atoms with van der Waals surface area (Å²) in [6.45, 7) is 2.62. The lowest BCUT2D eigenvalue weighted by molar-refractivity contribution is 0.0616. The molecule has 1 aliphatic carbocycles. The Morgan fingerprint density at radius 1 is 1.23 bits per heavy atom. The van der Waals surface area contributed by atoms with Gasteiger partial charge in [0.15, 0.2) is 11.2 Å². The van der Waals surface area contributed by atoms with Gasteiger partial charge in [0.1, 0.15) is 5.58 Å². The van der Waals surface area contributed by atoms with Crippen LogP contribution in [-0.2, 0) is 0 Å². The van der Waals surface area contributed by atoms with Gasteiger partial charge in [0, 0.05) is 18.7 Å². The second-order valence-corrected chi connectivity index (χ2v) is 5.85. The van der Waals surface area contributed by atoms with Crippen LogP contribution >= 0.6 is 0 Å². The zero-order chi connectivity index (χ0) is 15.5. The number of rotatable bonds is 3. The molecule has 4 nitrogen and oxygen atoms in total. The van der Waals surface area contributed by atoms with Crippen molar-refractivity contribution in [1.29, 1.82) is 0 Å². The van der Waals surface area contributed by atoms with E-state index < -0.39 is 0 Å². The van der Waals surface area contributed by atoms with E-state index in [1.807, 2.05) is 11.8 Å². The monoisotopic (exact) mass is 299 g/mol. The van der Waals surface area contributed by atoms with Crippen molar-refractivity contribution in [2.24, 2.45) is 0 Å². The molecular formula is C18H21NO3. The van der Waals surface area contributed by atoms with Crippen molar-refractivity contribution in [1.82, 2.24) is 4.90 Å². The molecule has 0 aliphatic heterocycles. The first-order valence-electron chi connectivity index (χ1n) is 8.04. The second kappa shape index (κ2) is 6.34. The van der Waals surface area contributed by atoms with Crippen LogP contribution in [0.1, 0.15) is 49.6 Å². The van der Waals surface area contributed by atoms with Gasteiger partial charge in [-0.1, -0.05) is 31.4 Å². The average Bonchev–Trinajstić information content (AvgIpc) is 2.56. The summed E-state index contributed by atoms with van der Waals surface area (Å²) in [5, 5.41) is 0.514. The van der Waals surface area contributed by atoms with Crippen molar-refractivity contribution in [3.8, 4) is 0 Å². The molecule has 0 bridgehead atoms. The van der Waals surface area contributed by atoms with E-state index in [-0.39, 0.29) is 23.1 Å². The molecule has 1 fully saturated rings. The summed E-state index contributed by atoms with van der Waals surface area (Å²) in [6, 6.07) is 8.64. The first-order chi connectivity index (χ1) is 10.7.